The molecule has 1 aromatic carbocycles. The molecule has 0 spiro atoms. The number of nitrogens with zero attached hydrogens (tertiary/aromatic N) is 1. The lowest BCUT2D eigenvalue weighted by Crippen LogP contribution is -2.33. The largest absolute Gasteiger partial charge is 0.337 e. The van der Waals surface area contributed by atoms with Crippen molar-refractivity contribution in [2.75, 3.05) is 11.9 Å². The summed E-state index contributed by atoms with van der Waals surface area (Å²) >= 11 is 3.44. The highest BCUT2D eigenvalue weighted by molar-refractivity contribution is 8.00. The number of hydrogen-bond acceptors (Lipinski definition) is 4. The quantitative estimate of drug-likeness (QED) is 0.367. The number of carbonyl (C=O) groups is 1. The molecule has 1 unspecified atom stereocenters. The molecule has 1 aromatic heterocycles. The normalized spacial score (nSPS) is 12.3. The molecule has 0 saturated carbocycles. The van der Waals surface area contributed by atoms with Gasteiger partial charge in [-0.1, -0.05) is 65.8 Å². The zero-order valence-electron chi connectivity index (χ0n) is 19.9. The van der Waals surface area contributed by atoms with Crippen molar-refractivity contribution in [2.24, 2.45) is 0 Å². The standard InChI is InChI=1S/C25H37N3OS2/c1-8-19-12-10-11-13-21(19)20(9-2)15-26-25(29)28-23-22(30-16(3)4)14-18(7)27-24(23)31-17(5)6/h10-14,16-17,20H,8-9,15H2,1-7H3,(H2,26,28,29). The summed E-state index contributed by atoms with van der Waals surface area (Å²) in [5.74, 6) is 0.298. The van der Waals surface area contributed by atoms with Gasteiger partial charge < -0.3 is 10.6 Å². The van der Waals surface area contributed by atoms with E-state index in [1.54, 1.807) is 23.5 Å². The molecular weight excluding hydrogens is 422 g/mol. The predicted octanol–water partition coefficient (Wildman–Crippen LogP) is 7.27. The van der Waals surface area contributed by atoms with Crippen molar-refractivity contribution in [3.05, 3.63) is 47.2 Å². The van der Waals surface area contributed by atoms with Crippen LogP contribution >= 0.6 is 23.5 Å². The maximum absolute atomic E-state index is 12.9. The van der Waals surface area contributed by atoms with E-state index in [9.17, 15) is 4.79 Å². The minimum atomic E-state index is -0.172. The van der Waals surface area contributed by atoms with Gasteiger partial charge in [0, 0.05) is 33.6 Å². The first-order valence-electron chi connectivity index (χ1n) is 11.2. The molecule has 2 rings (SSSR count). The Morgan fingerprint density at radius 1 is 1.06 bits per heavy atom. The molecule has 2 aromatic rings. The number of anilines is 1. The number of hydrogen-bond donors (Lipinski definition) is 2. The fraction of sp³-hybridized carbons (Fsp3) is 0.520. The van der Waals surface area contributed by atoms with Crippen molar-refractivity contribution in [1.29, 1.82) is 0 Å². The summed E-state index contributed by atoms with van der Waals surface area (Å²) in [6.45, 7) is 15.6. The molecule has 0 saturated heterocycles. The van der Waals surface area contributed by atoms with Crippen LogP contribution in [0.25, 0.3) is 0 Å². The van der Waals surface area contributed by atoms with Crippen LogP contribution in [0.3, 0.4) is 0 Å². The Morgan fingerprint density at radius 2 is 1.74 bits per heavy atom. The van der Waals surface area contributed by atoms with Crippen LogP contribution in [-0.2, 0) is 6.42 Å². The van der Waals surface area contributed by atoms with Crippen molar-refractivity contribution < 1.29 is 4.79 Å². The van der Waals surface area contributed by atoms with E-state index >= 15 is 0 Å². The first kappa shape index (κ1) is 25.6. The zero-order valence-corrected chi connectivity index (χ0v) is 21.5. The van der Waals surface area contributed by atoms with E-state index in [0.29, 0.717) is 23.0 Å². The van der Waals surface area contributed by atoms with Gasteiger partial charge >= 0.3 is 6.03 Å². The van der Waals surface area contributed by atoms with Gasteiger partial charge in [-0.2, -0.15) is 0 Å². The number of benzene rings is 1. The van der Waals surface area contributed by atoms with E-state index in [0.717, 1.165) is 34.1 Å². The lowest BCUT2D eigenvalue weighted by atomic mass is 9.91. The fourth-order valence-electron chi connectivity index (χ4n) is 3.49. The first-order valence-corrected chi connectivity index (χ1v) is 13.0. The van der Waals surface area contributed by atoms with E-state index in [4.69, 9.17) is 4.98 Å². The molecule has 0 aliphatic rings. The smallest absolute Gasteiger partial charge is 0.319 e. The van der Waals surface area contributed by atoms with E-state index in [-0.39, 0.29) is 6.03 Å². The molecule has 6 heteroatoms. The average molecular weight is 460 g/mol. The van der Waals surface area contributed by atoms with Crippen LogP contribution in [-0.4, -0.2) is 28.1 Å². The minimum Gasteiger partial charge on any atom is -0.337 e. The van der Waals surface area contributed by atoms with Gasteiger partial charge in [0.15, 0.2) is 0 Å². The molecule has 1 atom stereocenters. The number of aromatic nitrogens is 1. The third kappa shape index (κ3) is 7.76. The molecule has 0 radical (unpaired) electrons. The van der Waals surface area contributed by atoms with Gasteiger partial charge in [-0.25, -0.2) is 9.78 Å². The third-order valence-corrected chi connectivity index (χ3v) is 6.94. The second-order valence-corrected chi connectivity index (χ2v) is 11.5. The molecule has 0 fully saturated rings. The van der Waals surface area contributed by atoms with Crippen LogP contribution in [0.1, 0.15) is 70.7 Å². The van der Waals surface area contributed by atoms with Crippen molar-refractivity contribution in [3.63, 3.8) is 0 Å². The number of amides is 2. The third-order valence-electron chi connectivity index (χ3n) is 4.90. The van der Waals surface area contributed by atoms with Gasteiger partial charge in [-0.05, 0) is 37.0 Å². The Morgan fingerprint density at radius 3 is 2.35 bits per heavy atom. The van der Waals surface area contributed by atoms with Crippen LogP contribution in [0.2, 0.25) is 0 Å². The number of carbonyl (C=O) groups excluding carboxylic acids is 1. The van der Waals surface area contributed by atoms with Gasteiger partial charge in [0.2, 0.25) is 0 Å². The summed E-state index contributed by atoms with van der Waals surface area (Å²) in [5, 5.41) is 7.91. The summed E-state index contributed by atoms with van der Waals surface area (Å²) in [5.41, 5.74) is 4.48. The molecule has 2 N–H and O–H groups in total. The zero-order chi connectivity index (χ0) is 23.0. The molecule has 0 aliphatic heterocycles. The Labute approximate surface area is 196 Å². The maximum atomic E-state index is 12.9. The first-order chi connectivity index (χ1) is 14.7. The summed E-state index contributed by atoms with van der Waals surface area (Å²) in [6.07, 6.45) is 1.98. The SMILES string of the molecule is CCc1ccccc1C(CC)CNC(=O)Nc1c(SC(C)C)cc(C)nc1SC(C)C. The molecule has 1 heterocycles. The lowest BCUT2D eigenvalue weighted by molar-refractivity contribution is 0.251. The van der Waals surface area contributed by atoms with E-state index < -0.39 is 0 Å². The van der Waals surface area contributed by atoms with Crippen molar-refractivity contribution in [1.82, 2.24) is 10.3 Å². The lowest BCUT2D eigenvalue weighted by Gasteiger charge is -2.21. The van der Waals surface area contributed by atoms with Crippen LogP contribution in [0, 0.1) is 6.92 Å². The second-order valence-electron chi connectivity index (χ2n) is 8.27. The van der Waals surface area contributed by atoms with Crippen molar-refractivity contribution in [2.45, 2.75) is 87.6 Å². The minimum absolute atomic E-state index is 0.172. The van der Waals surface area contributed by atoms with E-state index in [1.807, 2.05) is 6.92 Å². The topological polar surface area (TPSA) is 54.0 Å². The van der Waals surface area contributed by atoms with Crippen LogP contribution < -0.4 is 10.6 Å². The van der Waals surface area contributed by atoms with Gasteiger partial charge in [0.25, 0.3) is 0 Å². The van der Waals surface area contributed by atoms with E-state index in [1.165, 1.54) is 11.1 Å². The number of thioether (sulfide) groups is 2. The number of urea groups is 1. The molecule has 0 bridgehead atoms. The Balaban J connectivity index is 2.19. The predicted molar refractivity (Wildman–Crippen MR) is 137 cm³/mol. The van der Waals surface area contributed by atoms with Crippen LogP contribution in [0.5, 0.6) is 0 Å². The number of rotatable bonds is 10. The maximum Gasteiger partial charge on any atom is 0.319 e. The van der Waals surface area contributed by atoms with Crippen molar-refractivity contribution in [3.8, 4) is 0 Å². The highest BCUT2D eigenvalue weighted by Crippen LogP contribution is 2.38. The number of aryl methyl sites for hydroxylation is 2. The van der Waals surface area contributed by atoms with Gasteiger partial charge in [-0.3, -0.25) is 0 Å². The van der Waals surface area contributed by atoms with Crippen molar-refractivity contribution >= 4 is 35.2 Å². The summed E-state index contributed by atoms with van der Waals surface area (Å²) in [4.78, 5) is 18.7. The van der Waals surface area contributed by atoms with Crippen LogP contribution in [0.15, 0.2) is 40.3 Å². The second kappa shape index (κ2) is 12.4. The summed E-state index contributed by atoms with van der Waals surface area (Å²) in [7, 11) is 0. The summed E-state index contributed by atoms with van der Waals surface area (Å²) in [6, 6.07) is 10.4. The highest BCUT2D eigenvalue weighted by atomic mass is 32.2. The summed E-state index contributed by atoms with van der Waals surface area (Å²) < 4.78 is 0. The Hall–Kier alpha value is -1.66. The van der Waals surface area contributed by atoms with Gasteiger partial charge in [0.05, 0.1) is 5.69 Å². The van der Waals surface area contributed by atoms with Gasteiger partial charge in [-0.15, -0.1) is 23.5 Å². The number of pyridine rings is 1. The van der Waals surface area contributed by atoms with E-state index in [2.05, 4.69) is 82.5 Å². The molecular formula is C25H37N3OS2. The Bertz CT molecular complexity index is 837. The molecule has 2 amide bonds. The molecule has 0 aliphatic carbocycles. The molecule has 4 nitrogen and oxygen atoms in total. The fourth-order valence-corrected chi connectivity index (χ4v) is 5.49. The highest BCUT2D eigenvalue weighted by Gasteiger charge is 2.19. The number of nitrogens with one attached hydrogen (secondary N) is 2. The van der Waals surface area contributed by atoms with Crippen LogP contribution in [0.4, 0.5) is 10.5 Å². The monoisotopic (exact) mass is 459 g/mol. The molecule has 31 heavy (non-hydrogen) atoms. The molecule has 170 valence electrons. The Kier molecular flexibility index (Phi) is 10.2. The average Bonchev–Trinajstić information content (AvgIpc) is 2.70. The van der Waals surface area contributed by atoms with Gasteiger partial charge in [0.1, 0.15) is 5.03 Å².